The SMILES string of the molecule is CC(C)(C)c1ccccc1OCc1ccccc1C(Cl)Cl. The average Bonchev–Trinajstić information content (AvgIpc) is 2.44. The van der Waals surface area contributed by atoms with Gasteiger partial charge in [0.05, 0.1) is 0 Å². The van der Waals surface area contributed by atoms with Crippen LogP contribution in [-0.4, -0.2) is 0 Å². The van der Waals surface area contributed by atoms with E-state index in [1.807, 2.05) is 42.5 Å². The van der Waals surface area contributed by atoms with Gasteiger partial charge in [-0.1, -0.05) is 63.2 Å². The third kappa shape index (κ3) is 4.15. The van der Waals surface area contributed by atoms with Crippen molar-refractivity contribution >= 4 is 23.2 Å². The fourth-order valence-corrected chi connectivity index (χ4v) is 2.67. The number of hydrogen-bond donors (Lipinski definition) is 0. The number of benzene rings is 2. The van der Waals surface area contributed by atoms with E-state index in [4.69, 9.17) is 27.9 Å². The summed E-state index contributed by atoms with van der Waals surface area (Å²) in [6, 6.07) is 16.0. The second kappa shape index (κ2) is 6.72. The minimum absolute atomic E-state index is 0.0393. The highest BCUT2D eigenvalue weighted by Gasteiger charge is 2.18. The molecular weight excluding hydrogens is 303 g/mol. The van der Waals surface area contributed by atoms with Crippen LogP contribution in [0.1, 0.15) is 42.3 Å². The van der Waals surface area contributed by atoms with E-state index in [9.17, 15) is 0 Å². The van der Waals surface area contributed by atoms with Crippen LogP contribution in [0.2, 0.25) is 0 Å². The minimum Gasteiger partial charge on any atom is -0.489 e. The molecule has 0 aliphatic heterocycles. The molecule has 21 heavy (non-hydrogen) atoms. The molecule has 0 unspecified atom stereocenters. The quantitative estimate of drug-likeness (QED) is 0.623. The normalized spacial score (nSPS) is 11.7. The molecule has 0 heterocycles. The Bertz CT molecular complexity index is 600. The summed E-state index contributed by atoms with van der Waals surface area (Å²) in [4.78, 5) is -0.539. The summed E-state index contributed by atoms with van der Waals surface area (Å²) in [5.74, 6) is 0.903. The van der Waals surface area contributed by atoms with Crippen LogP contribution >= 0.6 is 23.2 Å². The first-order valence-electron chi connectivity index (χ1n) is 6.98. The zero-order valence-electron chi connectivity index (χ0n) is 12.6. The third-order valence-corrected chi connectivity index (χ3v) is 3.84. The van der Waals surface area contributed by atoms with E-state index >= 15 is 0 Å². The Balaban J connectivity index is 2.22. The van der Waals surface area contributed by atoms with E-state index in [2.05, 4.69) is 26.8 Å². The molecule has 2 aromatic carbocycles. The fourth-order valence-electron chi connectivity index (χ4n) is 2.25. The highest BCUT2D eigenvalue weighted by molar-refractivity contribution is 6.44. The molecule has 112 valence electrons. The van der Waals surface area contributed by atoms with Gasteiger partial charge in [0.25, 0.3) is 0 Å². The molecule has 2 rings (SSSR count). The molecule has 0 aromatic heterocycles. The van der Waals surface area contributed by atoms with Crippen molar-refractivity contribution in [3.05, 3.63) is 65.2 Å². The van der Waals surface area contributed by atoms with Crippen LogP contribution in [0, 0.1) is 0 Å². The Hall–Kier alpha value is -1.18. The Morgan fingerprint density at radius 1 is 0.952 bits per heavy atom. The van der Waals surface area contributed by atoms with Gasteiger partial charge in [-0.2, -0.15) is 0 Å². The van der Waals surface area contributed by atoms with Gasteiger partial charge >= 0.3 is 0 Å². The monoisotopic (exact) mass is 322 g/mol. The molecule has 0 bridgehead atoms. The first-order valence-corrected chi connectivity index (χ1v) is 7.85. The predicted octanol–water partition coefficient (Wildman–Crippen LogP) is 6.04. The van der Waals surface area contributed by atoms with E-state index < -0.39 is 4.84 Å². The molecule has 0 N–H and O–H groups in total. The summed E-state index contributed by atoms with van der Waals surface area (Å²) in [5, 5.41) is 0. The Morgan fingerprint density at radius 2 is 1.57 bits per heavy atom. The molecule has 0 atom stereocenters. The lowest BCUT2D eigenvalue weighted by molar-refractivity contribution is 0.296. The van der Waals surface area contributed by atoms with Gasteiger partial charge in [-0.15, -0.1) is 23.2 Å². The van der Waals surface area contributed by atoms with Gasteiger partial charge in [-0.05, 0) is 28.2 Å². The summed E-state index contributed by atoms with van der Waals surface area (Å²) in [7, 11) is 0. The molecule has 1 nitrogen and oxygen atoms in total. The van der Waals surface area contributed by atoms with Gasteiger partial charge in [0.15, 0.2) is 0 Å². The second-order valence-electron chi connectivity index (χ2n) is 6.03. The standard InChI is InChI=1S/C18H20Cl2O/c1-18(2,3)15-10-6-7-11-16(15)21-12-13-8-4-5-9-14(13)17(19)20/h4-11,17H,12H2,1-3H3. The highest BCUT2D eigenvalue weighted by Crippen LogP contribution is 2.33. The van der Waals surface area contributed by atoms with Crippen LogP contribution in [0.4, 0.5) is 0 Å². The van der Waals surface area contributed by atoms with Gasteiger partial charge in [0, 0.05) is 0 Å². The number of hydrogen-bond acceptors (Lipinski definition) is 1. The van der Waals surface area contributed by atoms with Gasteiger partial charge in [-0.3, -0.25) is 0 Å². The summed E-state index contributed by atoms with van der Waals surface area (Å²) in [5.41, 5.74) is 3.14. The van der Waals surface area contributed by atoms with Crippen molar-refractivity contribution in [3.63, 3.8) is 0 Å². The third-order valence-electron chi connectivity index (χ3n) is 3.37. The number of halogens is 2. The van der Waals surface area contributed by atoms with Crippen LogP contribution in [0.3, 0.4) is 0 Å². The van der Waals surface area contributed by atoms with Crippen LogP contribution in [-0.2, 0) is 12.0 Å². The zero-order valence-corrected chi connectivity index (χ0v) is 14.1. The van der Waals surface area contributed by atoms with E-state index in [0.29, 0.717) is 6.61 Å². The lowest BCUT2D eigenvalue weighted by Gasteiger charge is -2.23. The van der Waals surface area contributed by atoms with Crippen molar-refractivity contribution < 1.29 is 4.74 Å². The van der Waals surface area contributed by atoms with Gasteiger partial charge in [-0.25, -0.2) is 0 Å². The van der Waals surface area contributed by atoms with Crippen molar-refractivity contribution in [1.29, 1.82) is 0 Å². The maximum Gasteiger partial charge on any atom is 0.133 e. The Morgan fingerprint density at radius 3 is 2.24 bits per heavy atom. The fraction of sp³-hybridized carbons (Fsp3) is 0.333. The smallest absolute Gasteiger partial charge is 0.133 e. The van der Waals surface area contributed by atoms with Crippen molar-refractivity contribution in [1.82, 2.24) is 0 Å². The Kier molecular flexibility index (Phi) is 5.18. The first kappa shape index (κ1) is 16.2. The molecule has 0 amide bonds. The molecule has 0 saturated carbocycles. The molecule has 0 radical (unpaired) electrons. The zero-order chi connectivity index (χ0) is 15.5. The maximum atomic E-state index is 6.02. The van der Waals surface area contributed by atoms with Crippen LogP contribution in [0.15, 0.2) is 48.5 Å². The molecule has 2 aromatic rings. The van der Waals surface area contributed by atoms with Crippen molar-refractivity contribution in [2.24, 2.45) is 0 Å². The lowest BCUT2D eigenvalue weighted by atomic mass is 9.86. The Labute approximate surface area is 136 Å². The van der Waals surface area contributed by atoms with Crippen molar-refractivity contribution in [3.8, 4) is 5.75 Å². The number of para-hydroxylation sites is 1. The largest absolute Gasteiger partial charge is 0.489 e. The predicted molar refractivity (Wildman–Crippen MR) is 90.4 cm³/mol. The van der Waals surface area contributed by atoms with Gasteiger partial charge in [0.1, 0.15) is 17.2 Å². The highest BCUT2D eigenvalue weighted by atomic mass is 35.5. The maximum absolute atomic E-state index is 6.02. The van der Waals surface area contributed by atoms with E-state index in [1.54, 1.807) is 0 Å². The summed E-state index contributed by atoms with van der Waals surface area (Å²) in [6.07, 6.45) is 0. The van der Waals surface area contributed by atoms with E-state index in [-0.39, 0.29) is 5.41 Å². The number of rotatable bonds is 4. The first-order chi connectivity index (χ1) is 9.89. The molecule has 0 fully saturated rings. The van der Waals surface area contributed by atoms with E-state index in [0.717, 1.165) is 16.9 Å². The van der Waals surface area contributed by atoms with Crippen LogP contribution < -0.4 is 4.74 Å². The topological polar surface area (TPSA) is 9.23 Å². The molecule has 0 aliphatic rings. The summed E-state index contributed by atoms with van der Waals surface area (Å²) in [6.45, 7) is 6.99. The molecule has 0 spiro atoms. The van der Waals surface area contributed by atoms with Crippen LogP contribution in [0.25, 0.3) is 0 Å². The molecule has 0 aliphatic carbocycles. The number of alkyl halides is 2. The van der Waals surface area contributed by atoms with Crippen molar-refractivity contribution in [2.45, 2.75) is 37.6 Å². The molecule has 3 heteroatoms. The minimum atomic E-state index is -0.539. The van der Waals surface area contributed by atoms with Crippen LogP contribution in [0.5, 0.6) is 5.75 Å². The lowest BCUT2D eigenvalue weighted by Crippen LogP contribution is -2.13. The summed E-state index contributed by atoms with van der Waals surface area (Å²) >= 11 is 12.0. The van der Waals surface area contributed by atoms with E-state index in [1.165, 1.54) is 5.56 Å². The molecular formula is C18H20Cl2O. The second-order valence-corrected chi connectivity index (χ2v) is 7.13. The average molecular weight is 323 g/mol. The molecule has 0 saturated heterocycles. The van der Waals surface area contributed by atoms with Crippen molar-refractivity contribution in [2.75, 3.05) is 0 Å². The number of ether oxygens (including phenoxy) is 1. The summed E-state index contributed by atoms with van der Waals surface area (Å²) < 4.78 is 6.02. The van der Waals surface area contributed by atoms with Gasteiger partial charge < -0.3 is 4.74 Å². The van der Waals surface area contributed by atoms with Gasteiger partial charge in [0.2, 0.25) is 0 Å².